The van der Waals surface area contributed by atoms with E-state index in [1.165, 1.54) is 4.31 Å². The van der Waals surface area contributed by atoms with Crippen LogP contribution in [0.15, 0.2) is 101 Å². The molecular formula is C25H22N2O4S2. The molecule has 5 rings (SSSR count). The van der Waals surface area contributed by atoms with Crippen molar-refractivity contribution < 1.29 is 16.8 Å². The maximum absolute atomic E-state index is 13.3. The number of sulfonamides is 2. The van der Waals surface area contributed by atoms with Crippen LogP contribution in [0, 0.1) is 0 Å². The second kappa shape index (κ2) is 8.20. The molecule has 0 spiro atoms. The van der Waals surface area contributed by atoms with Crippen molar-refractivity contribution in [2.24, 2.45) is 0 Å². The highest BCUT2D eigenvalue weighted by Gasteiger charge is 2.29. The summed E-state index contributed by atoms with van der Waals surface area (Å²) in [6, 6.07) is 25.8. The summed E-state index contributed by atoms with van der Waals surface area (Å²) >= 11 is 0. The van der Waals surface area contributed by atoms with Crippen LogP contribution < -0.4 is 9.03 Å². The Balaban J connectivity index is 1.50. The number of nitrogens with one attached hydrogen (secondary N) is 1. The summed E-state index contributed by atoms with van der Waals surface area (Å²) in [5.41, 5.74) is 1.69. The number of hydrogen-bond donors (Lipinski definition) is 1. The van der Waals surface area contributed by atoms with Crippen molar-refractivity contribution in [1.29, 1.82) is 0 Å². The number of anilines is 2. The Hall–Kier alpha value is -3.36. The van der Waals surface area contributed by atoms with E-state index in [0.29, 0.717) is 24.3 Å². The fourth-order valence-corrected chi connectivity index (χ4v) is 6.76. The third-order valence-electron chi connectivity index (χ3n) is 5.78. The average molecular weight is 479 g/mol. The molecule has 0 unspecified atom stereocenters. The van der Waals surface area contributed by atoms with Crippen molar-refractivity contribution in [3.63, 3.8) is 0 Å². The lowest BCUT2D eigenvalue weighted by Gasteiger charge is -2.31. The normalized spacial score (nSPS) is 14.1. The first-order valence-corrected chi connectivity index (χ1v) is 13.5. The van der Waals surface area contributed by atoms with Gasteiger partial charge in [-0.1, -0.05) is 54.6 Å². The molecule has 1 heterocycles. The Morgan fingerprint density at radius 3 is 2.21 bits per heavy atom. The molecular weight excluding hydrogens is 456 g/mol. The molecule has 4 aromatic carbocycles. The van der Waals surface area contributed by atoms with Gasteiger partial charge < -0.3 is 0 Å². The number of fused-ring (bicyclic) bond motifs is 2. The SMILES string of the molecule is O=S(=O)(Nc1ccc2c(c1)N(S(=O)(=O)c1ccccc1)CCC2)c1ccc2ccccc2c1. The number of hydrogen-bond acceptors (Lipinski definition) is 4. The predicted octanol–water partition coefficient (Wildman–Crippen LogP) is 4.78. The van der Waals surface area contributed by atoms with Crippen LogP contribution in [0.4, 0.5) is 11.4 Å². The summed E-state index contributed by atoms with van der Waals surface area (Å²) in [7, 11) is -7.61. The molecule has 1 aliphatic rings. The van der Waals surface area contributed by atoms with E-state index in [1.54, 1.807) is 66.7 Å². The molecule has 0 saturated carbocycles. The number of benzene rings is 4. The Kier molecular flexibility index (Phi) is 5.34. The molecule has 0 bridgehead atoms. The van der Waals surface area contributed by atoms with Gasteiger partial charge in [0.1, 0.15) is 0 Å². The van der Waals surface area contributed by atoms with E-state index < -0.39 is 20.0 Å². The van der Waals surface area contributed by atoms with E-state index in [0.717, 1.165) is 22.8 Å². The Morgan fingerprint density at radius 2 is 1.42 bits per heavy atom. The number of aryl methyl sites for hydroxylation is 1. The van der Waals surface area contributed by atoms with E-state index in [9.17, 15) is 16.8 Å². The summed E-state index contributed by atoms with van der Waals surface area (Å²) in [4.78, 5) is 0.354. The largest absolute Gasteiger partial charge is 0.280 e. The molecule has 0 fully saturated rings. The first-order chi connectivity index (χ1) is 15.8. The minimum atomic E-state index is -3.85. The summed E-state index contributed by atoms with van der Waals surface area (Å²) in [6.07, 6.45) is 1.43. The second-order valence-electron chi connectivity index (χ2n) is 7.95. The van der Waals surface area contributed by atoms with Gasteiger partial charge in [0.15, 0.2) is 0 Å². The highest BCUT2D eigenvalue weighted by molar-refractivity contribution is 7.93. The Labute approximate surface area is 193 Å². The fourth-order valence-electron chi connectivity index (χ4n) is 4.12. The molecule has 1 N–H and O–H groups in total. The highest BCUT2D eigenvalue weighted by Crippen LogP contribution is 2.34. The zero-order valence-corrected chi connectivity index (χ0v) is 19.3. The van der Waals surface area contributed by atoms with Crippen LogP contribution in [-0.2, 0) is 26.5 Å². The molecule has 1 aliphatic heterocycles. The molecule has 33 heavy (non-hydrogen) atoms. The average Bonchev–Trinajstić information content (AvgIpc) is 2.83. The quantitative estimate of drug-likeness (QED) is 0.447. The van der Waals surface area contributed by atoms with Crippen molar-refractivity contribution in [2.75, 3.05) is 15.6 Å². The van der Waals surface area contributed by atoms with Crippen molar-refractivity contribution in [3.8, 4) is 0 Å². The number of nitrogens with zero attached hydrogens (tertiary/aromatic N) is 1. The lowest BCUT2D eigenvalue weighted by atomic mass is 10.0. The van der Waals surface area contributed by atoms with Crippen LogP contribution in [0.1, 0.15) is 12.0 Å². The first kappa shape index (κ1) is 21.5. The minimum Gasteiger partial charge on any atom is -0.280 e. The van der Waals surface area contributed by atoms with Crippen LogP contribution in [0.25, 0.3) is 10.8 Å². The van der Waals surface area contributed by atoms with Gasteiger partial charge in [-0.05, 0) is 65.6 Å². The Bertz CT molecular complexity index is 1550. The standard InChI is InChI=1S/C25H22N2O4S2/c28-32(29,24-15-13-19-7-4-5-8-21(19)17-24)26-22-14-12-20-9-6-16-27(25(20)18-22)33(30,31)23-10-2-1-3-11-23/h1-5,7-8,10-15,17-18,26H,6,9,16H2. The van der Waals surface area contributed by atoms with Gasteiger partial charge in [0.2, 0.25) is 0 Å². The maximum Gasteiger partial charge on any atom is 0.264 e. The summed E-state index contributed by atoms with van der Waals surface area (Å²) in [5, 5.41) is 1.78. The van der Waals surface area contributed by atoms with Crippen LogP contribution in [0.5, 0.6) is 0 Å². The van der Waals surface area contributed by atoms with Gasteiger partial charge in [-0.25, -0.2) is 16.8 Å². The van der Waals surface area contributed by atoms with Gasteiger partial charge in [-0.2, -0.15) is 0 Å². The predicted molar refractivity (Wildman–Crippen MR) is 130 cm³/mol. The number of rotatable bonds is 5. The molecule has 168 valence electrons. The smallest absolute Gasteiger partial charge is 0.264 e. The van der Waals surface area contributed by atoms with Crippen molar-refractivity contribution in [2.45, 2.75) is 22.6 Å². The molecule has 0 aliphatic carbocycles. The van der Waals surface area contributed by atoms with Gasteiger partial charge in [0.05, 0.1) is 21.2 Å². The van der Waals surface area contributed by atoms with Crippen LogP contribution in [0.3, 0.4) is 0 Å². The van der Waals surface area contributed by atoms with Gasteiger partial charge in [-0.3, -0.25) is 9.03 Å². The molecule has 8 heteroatoms. The molecule has 0 aromatic heterocycles. The van der Waals surface area contributed by atoms with Gasteiger partial charge in [0, 0.05) is 6.54 Å². The molecule has 4 aromatic rings. The van der Waals surface area contributed by atoms with Crippen molar-refractivity contribution in [3.05, 3.63) is 96.6 Å². The van der Waals surface area contributed by atoms with E-state index in [-0.39, 0.29) is 9.79 Å². The van der Waals surface area contributed by atoms with Crippen LogP contribution in [0.2, 0.25) is 0 Å². The zero-order valence-electron chi connectivity index (χ0n) is 17.7. The summed E-state index contributed by atoms with van der Waals surface area (Å²) in [5.74, 6) is 0. The van der Waals surface area contributed by atoms with Crippen molar-refractivity contribution in [1.82, 2.24) is 0 Å². The van der Waals surface area contributed by atoms with Gasteiger partial charge >= 0.3 is 0 Å². The van der Waals surface area contributed by atoms with Gasteiger partial charge in [-0.15, -0.1) is 0 Å². The topological polar surface area (TPSA) is 83.6 Å². The maximum atomic E-state index is 13.3. The van der Waals surface area contributed by atoms with E-state index >= 15 is 0 Å². The zero-order chi connectivity index (χ0) is 23.1. The third kappa shape index (κ3) is 4.07. The molecule has 6 nitrogen and oxygen atoms in total. The second-order valence-corrected chi connectivity index (χ2v) is 11.5. The highest BCUT2D eigenvalue weighted by atomic mass is 32.2. The van der Waals surface area contributed by atoms with Gasteiger partial charge in [0.25, 0.3) is 20.0 Å². The summed E-state index contributed by atoms with van der Waals surface area (Å²) in [6.45, 7) is 0.338. The van der Waals surface area contributed by atoms with Crippen molar-refractivity contribution >= 4 is 42.2 Å². The van der Waals surface area contributed by atoms with E-state index in [1.807, 2.05) is 24.3 Å². The lowest BCUT2D eigenvalue weighted by Crippen LogP contribution is -2.35. The van der Waals surface area contributed by atoms with Crippen LogP contribution in [-0.4, -0.2) is 23.4 Å². The van der Waals surface area contributed by atoms with Crippen LogP contribution >= 0.6 is 0 Å². The lowest BCUT2D eigenvalue weighted by molar-refractivity contribution is 0.586. The summed E-state index contributed by atoms with van der Waals surface area (Å²) < 4.78 is 56.7. The monoisotopic (exact) mass is 478 g/mol. The molecule has 0 saturated heterocycles. The minimum absolute atomic E-state index is 0.146. The molecule has 0 radical (unpaired) electrons. The fraction of sp³-hybridized carbons (Fsp3) is 0.120. The van der Waals surface area contributed by atoms with E-state index in [2.05, 4.69) is 4.72 Å². The molecule has 0 atom stereocenters. The third-order valence-corrected chi connectivity index (χ3v) is 8.98. The molecule has 0 amide bonds. The Morgan fingerprint density at radius 1 is 0.697 bits per heavy atom. The van der Waals surface area contributed by atoms with E-state index in [4.69, 9.17) is 0 Å². The first-order valence-electron chi connectivity index (χ1n) is 10.6.